The number of amides is 2. The van der Waals surface area contributed by atoms with Crippen molar-refractivity contribution in [2.75, 3.05) is 24.0 Å². The first-order valence-corrected chi connectivity index (χ1v) is 15.8. The zero-order valence-electron chi connectivity index (χ0n) is 24.1. The normalized spacial score (nSPS) is 12.1. The van der Waals surface area contributed by atoms with Gasteiger partial charge in [0.15, 0.2) is 0 Å². The van der Waals surface area contributed by atoms with Gasteiger partial charge in [0.2, 0.25) is 11.8 Å². The third kappa shape index (κ3) is 8.56. The number of ether oxygens (including phenoxy) is 1. The average molecular weight is 645 g/mol. The van der Waals surface area contributed by atoms with Crippen LogP contribution in [0.4, 0.5) is 5.69 Å². The van der Waals surface area contributed by atoms with Crippen LogP contribution in [0.1, 0.15) is 38.8 Å². The van der Waals surface area contributed by atoms with Gasteiger partial charge < -0.3 is 15.0 Å². The number of carbonyl (C=O) groups is 2. The van der Waals surface area contributed by atoms with Gasteiger partial charge in [0.05, 0.1) is 17.2 Å². The second kappa shape index (κ2) is 14.5. The highest BCUT2D eigenvalue weighted by Crippen LogP contribution is 2.33. The highest BCUT2D eigenvalue weighted by molar-refractivity contribution is 9.10. The molecule has 0 aliphatic heterocycles. The molecular formula is C31H38BrN3O5S. The topological polar surface area (TPSA) is 96.0 Å². The van der Waals surface area contributed by atoms with Crippen molar-refractivity contribution in [1.82, 2.24) is 10.2 Å². The summed E-state index contributed by atoms with van der Waals surface area (Å²) in [5.74, 6) is -0.276. The Kier molecular flexibility index (Phi) is 11.4. The van der Waals surface area contributed by atoms with Crippen molar-refractivity contribution in [2.45, 2.75) is 52.1 Å². The predicted octanol–water partition coefficient (Wildman–Crippen LogP) is 5.54. The molecule has 0 spiro atoms. The maximum Gasteiger partial charge on any atom is 0.264 e. The Morgan fingerprint density at radius 2 is 1.59 bits per heavy atom. The quantitative estimate of drug-likeness (QED) is 0.264. The minimum Gasteiger partial charge on any atom is -0.492 e. The Labute approximate surface area is 251 Å². The average Bonchev–Trinajstić information content (AvgIpc) is 2.94. The van der Waals surface area contributed by atoms with Crippen LogP contribution in [0.5, 0.6) is 5.75 Å². The van der Waals surface area contributed by atoms with Crippen molar-refractivity contribution in [2.24, 2.45) is 5.92 Å². The van der Waals surface area contributed by atoms with E-state index < -0.39 is 28.5 Å². The smallest absolute Gasteiger partial charge is 0.264 e. The van der Waals surface area contributed by atoms with Crippen LogP contribution in [0, 0.1) is 12.8 Å². The van der Waals surface area contributed by atoms with Gasteiger partial charge in [-0.15, -0.1) is 0 Å². The van der Waals surface area contributed by atoms with E-state index in [1.807, 2.05) is 45.0 Å². The summed E-state index contributed by atoms with van der Waals surface area (Å²) in [4.78, 5) is 28.7. The molecule has 0 unspecified atom stereocenters. The van der Waals surface area contributed by atoms with Gasteiger partial charge in [0.25, 0.3) is 10.0 Å². The van der Waals surface area contributed by atoms with Crippen molar-refractivity contribution in [3.63, 3.8) is 0 Å². The van der Waals surface area contributed by atoms with E-state index in [1.165, 1.54) is 17.0 Å². The van der Waals surface area contributed by atoms with E-state index >= 15 is 0 Å². The number of para-hydroxylation sites is 2. The number of hydrogen-bond acceptors (Lipinski definition) is 5. The molecule has 3 rings (SSSR count). The van der Waals surface area contributed by atoms with E-state index in [2.05, 4.69) is 21.2 Å². The molecule has 3 aromatic carbocycles. The lowest BCUT2D eigenvalue weighted by Crippen LogP contribution is -2.51. The number of carbonyl (C=O) groups excluding carboxylic acids is 2. The van der Waals surface area contributed by atoms with E-state index in [4.69, 9.17) is 4.74 Å². The Bertz CT molecular complexity index is 1430. The van der Waals surface area contributed by atoms with E-state index in [-0.39, 0.29) is 29.0 Å². The standard InChI is InChI=1S/C31H38BrN3O5S/c1-6-40-29-10-8-7-9-28(29)35(41(38,39)27-17-11-23(4)12-18-27)21-30(36)34(20-25-13-15-26(32)16-14-25)24(5)31(37)33-19-22(2)3/h7-18,22,24H,6,19-21H2,1-5H3,(H,33,37)/t24-/m1/s1. The number of nitrogens with one attached hydrogen (secondary N) is 1. The number of nitrogens with zero attached hydrogens (tertiary/aromatic N) is 2. The summed E-state index contributed by atoms with van der Waals surface area (Å²) in [5.41, 5.74) is 1.94. The second-order valence-electron chi connectivity index (χ2n) is 10.2. The van der Waals surface area contributed by atoms with E-state index in [0.717, 1.165) is 19.9 Å². The minimum absolute atomic E-state index is 0.0457. The van der Waals surface area contributed by atoms with Crippen LogP contribution in [0.15, 0.2) is 82.2 Å². The molecule has 10 heteroatoms. The maximum atomic E-state index is 14.1. The van der Waals surface area contributed by atoms with Gasteiger partial charge in [-0.25, -0.2) is 8.42 Å². The Morgan fingerprint density at radius 1 is 0.951 bits per heavy atom. The van der Waals surface area contributed by atoms with E-state index in [0.29, 0.717) is 18.9 Å². The zero-order valence-corrected chi connectivity index (χ0v) is 26.5. The molecule has 1 atom stereocenters. The van der Waals surface area contributed by atoms with Gasteiger partial charge in [0, 0.05) is 17.6 Å². The van der Waals surface area contributed by atoms with Crippen molar-refractivity contribution >= 4 is 43.5 Å². The molecule has 8 nitrogen and oxygen atoms in total. The lowest BCUT2D eigenvalue weighted by atomic mass is 10.1. The van der Waals surface area contributed by atoms with E-state index in [9.17, 15) is 18.0 Å². The first kappa shape index (κ1) is 32.1. The van der Waals surface area contributed by atoms with Crippen LogP contribution >= 0.6 is 15.9 Å². The van der Waals surface area contributed by atoms with Crippen LogP contribution in [-0.4, -0.2) is 50.9 Å². The lowest BCUT2D eigenvalue weighted by Gasteiger charge is -2.32. The van der Waals surface area contributed by atoms with E-state index in [1.54, 1.807) is 50.2 Å². The number of rotatable bonds is 13. The Balaban J connectivity index is 2.06. The molecule has 220 valence electrons. The molecule has 0 bridgehead atoms. The molecule has 0 saturated carbocycles. The molecule has 0 saturated heterocycles. The van der Waals surface area contributed by atoms with Crippen LogP contribution in [0.25, 0.3) is 0 Å². The highest BCUT2D eigenvalue weighted by Gasteiger charge is 2.33. The third-order valence-corrected chi connectivity index (χ3v) is 8.74. The Hall–Kier alpha value is -3.37. The van der Waals surface area contributed by atoms with Gasteiger partial charge in [-0.2, -0.15) is 0 Å². The largest absolute Gasteiger partial charge is 0.492 e. The fourth-order valence-electron chi connectivity index (χ4n) is 4.11. The maximum absolute atomic E-state index is 14.1. The predicted molar refractivity (Wildman–Crippen MR) is 165 cm³/mol. The van der Waals surface area contributed by atoms with Crippen LogP contribution in [0.3, 0.4) is 0 Å². The fraction of sp³-hybridized carbons (Fsp3) is 0.355. The molecule has 41 heavy (non-hydrogen) atoms. The minimum atomic E-state index is -4.19. The first-order valence-electron chi connectivity index (χ1n) is 13.6. The molecule has 0 radical (unpaired) electrons. The second-order valence-corrected chi connectivity index (χ2v) is 13.0. The molecule has 0 aliphatic rings. The number of benzene rings is 3. The van der Waals surface area contributed by atoms with Crippen molar-refractivity contribution < 1.29 is 22.7 Å². The number of anilines is 1. The monoisotopic (exact) mass is 643 g/mol. The SMILES string of the molecule is CCOc1ccccc1N(CC(=O)N(Cc1ccc(Br)cc1)[C@H](C)C(=O)NCC(C)C)S(=O)(=O)c1ccc(C)cc1. The van der Waals surface area contributed by atoms with Gasteiger partial charge >= 0.3 is 0 Å². The molecule has 1 N–H and O–H groups in total. The Morgan fingerprint density at radius 3 is 2.20 bits per heavy atom. The van der Waals surface area contributed by atoms with Gasteiger partial charge in [-0.3, -0.25) is 13.9 Å². The summed E-state index contributed by atoms with van der Waals surface area (Å²) < 4.78 is 35.8. The summed E-state index contributed by atoms with van der Waals surface area (Å²) in [5, 5.41) is 2.89. The van der Waals surface area contributed by atoms with Crippen LogP contribution in [-0.2, 0) is 26.2 Å². The number of hydrogen-bond donors (Lipinski definition) is 1. The number of sulfonamides is 1. The summed E-state index contributed by atoms with van der Waals surface area (Å²) >= 11 is 3.42. The molecule has 3 aromatic rings. The van der Waals surface area contributed by atoms with Gasteiger partial charge in [-0.1, -0.05) is 71.7 Å². The van der Waals surface area contributed by atoms with Crippen molar-refractivity contribution in [1.29, 1.82) is 0 Å². The molecule has 0 heterocycles. The molecule has 2 amide bonds. The zero-order chi connectivity index (χ0) is 30.2. The lowest BCUT2D eigenvalue weighted by molar-refractivity contribution is -0.139. The fourth-order valence-corrected chi connectivity index (χ4v) is 5.80. The van der Waals surface area contributed by atoms with Gasteiger partial charge in [0.1, 0.15) is 18.3 Å². The summed E-state index contributed by atoms with van der Waals surface area (Å²) in [6.07, 6.45) is 0. The summed E-state index contributed by atoms with van der Waals surface area (Å²) in [6.45, 7) is 9.65. The van der Waals surface area contributed by atoms with Crippen LogP contribution < -0.4 is 14.4 Å². The van der Waals surface area contributed by atoms with Crippen molar-refractivity contribution in [3.05, 3.63) is 88.4 Å². The van der Waals surface area contributed by atoms with Crippen molar-refractivity contribution in [3.8, 4) is 5.75 Å². The summed E-state index contributed by atoms with van der Waals surface area (Å²) in [6, 6.07) is 19.8. The van der Waals surface area contributed by atoms with Crippen LogP contribution in [0.2, 0.25) is 0 Å². The third-order valence-electron chi connectivity index (χ3n) is 6.44. The summed E-state index contributed by atoms with van der Waals surface area (Å²) in [7, 11) is -4.19. The number of aryl methyl sites for hydroxylation is 1. The molecule has 0 aromatic heterocycles. The van der Waals surface area contributed by atoms with Gasteiger partial charge in [-0.05, 0) is 68.7 Å². The molecular weight excluding hydrogens is 606 g/mol. The first-order chi connectivity index (χ1) is 19.4. The number of halogens is 1. The molecule has 0 fully saturated rings. The highest BCUT2D eigenvalue weighted by atomic mass is 79.9. The molecule has 0 aliphatic carbocycles.